The van der Waals surface area contributed by atoms with Gasteiger partial charge in [-0.3, -0.25) is 0 Å². The van der Waals surface area contributed by atoms with Gasteiger partial charge in [-0.15, -0.1) is 0 Å². The summed E-state index contributed by atoms with van der Waals surface area (Å²) in [5.74, 6) is 0. The maximum atomic E-state index is 7.98. The summed E-state index contributed by atoms with van der Waals surface area (Å²) in [6.07, 6.45) is 0.655. The quantitative estimate of drug-likeness (QED) is 0.505. The molecule has 0 amide bonds. The molecular weight excluding hydrogens is 340 g/mol. The number of aryl methyl sites for hydroxylation is 2. The first-order valence-electron chi connectivity index (χ1n) is 9.82. The van der Waals surface area contributed by atoms with Crippen LogP contribution >= 0.6 is 0 Å². The molecule has 1 atom stereocenters. The normalized spacial score (nSPS) is 14.1. The lowest BCUT2D eigenvalue weighted by Gasteiger charge is -2.24. The first-order chi connectivity index (χ1) is 12.8. The fourth-order valence-corrected chi connectivity index (χ4v) is 3.51. The summed E-state index contributed by atoms with van der Waals surface area (Å²) in [7, 11) is 0. The van der Waals surface area contributed by atoms with Gasteiger partial charge in [-0.2, -0.15) is 0 Å². The number of rotatable bonds is 4. The van der Waals surface area contributed by atoms with Crippen LogP contribution in [-0.2, 0) is 22.9 Å². The smallest absolute Gasteiger partial charge is 0.258 e. The molecule has 0 bridgehead atoms. The van der Waals surface area contributed by atoms with E-state index in [0.717, 1.165) is 16.7 Å². The van der Waals surface area contributed by atoms with Crippen LogP contribution < -0.4 is 0 Å². The highest BCUT2D eigenvalue weighted by Gasteiger charge is 2.36. The second kappa shape index (κ2) is 7.44. The largest absolute Gasteiger partial charge is 0.306 e. The Bertz CT molecular complexity index is 961. The van der Waals surface area contributed by atoms with Gasteiger partial charge in [0.15, 0.2) is 0 Å². The molecule has 2 heteroatoms. The Balaban J connectivity index is 2.55. The van der Waals surface area contributed by atoms with Gasteiger partial charge >= 0.3 is 0 Å². The third kappa shape index (κ3) is 4.63. The van der Waals surface area contributed by atoms with Crippen LogP contribution in [0, 0.1) is 27.0 Å². The van der Waals surface area contributed by atoms with Crippen molar-refractivity contribution in [3.05, 3.63) is 92.6 Å². The minimum atomic E-state index is -0.665. The van der Waals surface area contributed by atoms with Crippen molar-refractivity contribution in [2.45, 2.75) is 78.3 Å². The number of nitrogens with zero attached hydrogens (tertiary/aromatic N) is 2. The summed E-state index contributed by atoms with van der Waals surface area (Å²) in [5, 5.41) is 0. The van der Waals surface area contributed by atoms with Crippen molar-refractivity contribution >= 4 is 0 Å². The van der Waals surface area contributed by atoms with Gasteiger partial charge in [0.1, 0.15) is 0 Å². The molecule has 0 N–H and O–H groups in total. The zero-order valence-electron chi connectivity index (χ0n) is 18.6. The van der Waals surface area contributed by atoms with E-state index in [2.05, 4.69) is 73.8 Å². The first kappa shape index (κ1) is 21.7. The van der Waals surface area contributed by atoms with Gasteiger partial charge in [0.25, 0.3) is 11.1 Å². The summed E-state index contributed by atoms with van der Waals surface area (Å²) in [5.41, 5.74) is 5.61. The van der Waals surface area contributed by atoms with Crippen molar-refractivity contribution in [3.8, 4) is 0 Å². The van der Waals surface area contributed by atoms with E-state index in [9.17, 15) is 0 Å². The summed E-state index contributed by atoms with van der Waals surface area (Å²) in [6, 6.07) is 12.9. The summed E-state index contributed by atoms with van der Waals surface area (Å²) in [4.78, 5) is 7.86. The third-order valence-corrected chi connectivity index (χ3v) is 5.48. The highest BCUT2D eigenvalue weighted by Crippen LogP contribution is 2.36. The molecule has 2 aromatic rings. The molecule has 0 fully saturated rings. The van der Waals surface area contributed by atoms with Gasteiger partial charge in [-0.25, -0.2) is 13.1 Å². The average Bonchev–Trinajstić information content (AvgIpc) is 2.59. The Morgan fingerprint density at radius 1 is 0.679 bits per heavy atom. The standard InChI is InChI=1S/C26H32N2/c1-18-11-20(15-21(12-18)24(3,4)5)17-26(8,28-10)23-14-19(2)13-22(16-23)25(6,7)27-9/h11-16H,17H2,1-8H3. The van der Waals surface area contributed by atoms with Crippen LogP contribution in [0.15, 0.2) is 36.4 Å². The van der Waals surface area contributed by atoms with E-state index in [1.165, 1.54) is 16.7 Å². The summed E-state index contributed by atoms with van der Waals surface area (Å²) in [6.45, 7) is 32.2. The van der Waals surface area contributed by atoms with Crippen molar-refractivity contribution in [2.75, 3.05) is 0 Å². The molecule has 0 aromatic heterocycles. The summed E-state index contributed by atoms with van der Waals surface area (Å²) >= 11 is 0. The Kier molecular flexibility index (Phi) is 5.77. The van der Waals surface area contributed by atoms with E-state index in [1.54, 1.807) is 0 Å². The predicted octanol–water partition coefficient (Wildman–Crippen LogP) is 7.13. The molecule has 1 unspecified atom stereocenters. The zero-order valence-corrected chi connectivity index (χ0v) is 18.6. The minimum absolute atomic E-state index is 0.0748. The third-order valence-electron chi connectivity index (χ3n) is 5.48. The molecule has 0 aliphatic rings. The van der Waals surface area contributed by atoms with Crippen LogP contribution in [0.2, 0.25) is 0 Å². The molecule has 146 valence electrons. The average molecular weight is 373 g/mol. The van der Waals surface area contributed by atoms with Crippen LogP contribution in [0.4, 0.5) is 0 Å². The van der Waals surface area contributed by atoms with E-state index < -0.39 is 11.1 Å². The van der Waals surface area contributed by atoms with Crippen molar-refractivity contribution in [1.82, 2.24) is 0 Å². The second-order valence-corrected chi connectivity index (χ2v) is 9.78. The van der Waals surface area contributed by atoms with Crippen LogP contribution in [0.5, 0.6) is 0 Å². The highest BCUT2D eigenvalue weighted by molar-refractivity contribution is 5.42. The number of hydrogen-bond donors (Lipinski definition) is 0. The first-order valence-corrected chi connectivity index (χ1v) is 9.82. The molecule has 2 nitrogen and oxygen atoms in total. The van der Waals surface area contributed by atoms with Crippen molar-refractivity contribution in [2.24, 2.45) is 0 Å². The second-order valence-electron chi connectivity index (χ2n) is 9.78. The lowest BCUT2D eigenvalue weighted by atomic mass is 9.80. The van der Waals surface area contributed by atoms with E-state index in [-0.39, 0.29) is 5.41 Å². The molecule has 0 aliphatic heterocycles. The number of benzene rings is 2. The van der Waals surface area contributed by atoms with Gasteiger partial charge in [-0.1, -0.05) is 44.5 Å². The van der Waals surface area contributed by atoms with Crippen molar-refractivity contribution in [3.63, 3.8) is 0 Å². The Labute approximate surface area is 171 Å². The maximum absolute atomic E-state index is 7.98. The molecule has 2 aromatic carbocycles. The predicted molar refractivity (Wildman–Crippen MR) is 118 cm³/mol. The van der Waals surface area contributed by atoms with Crippen molar-refractivity contribution in [1.29, 1.82) is 0 Å². The van der Waals surface area contributed by atoms with Gasteiger partial charge in [0, 0.05) is 31.9 Å². The van der Waals surface area contributed by atoms with Gasteiger partial charge < -0.3 is 9.69 Å². The lowest BCUT2D eigenvalue weighted by molar-refractivity contribution is 0.569. The Morgan fingerprint density at radius 3 is 1.75 bits per heavy atom. The van der Waals surface area contributed by atoms with Crippen LogP contribution in [0.3, 0.4) is 0 Å². The minimum Gasteiger partial charge on any atom is -0.306 e. The Hall–Kier alpha value is -2.58. The fraction of sp³-hybridized carbons (Fsp3) is 0.462. The van der Waals surface area contributed by atoms with E-state index >= 15 is 0 Å². The monoisotopic (exact) mass is 372 g/mol. The molecule has 0 aliphatic carbocycles. The van der Waals surface area contributed by atoms with Crippen LogP contribution in [-0.4, -0.2) is 0 Å². The molecule has 0 heterocycles. The molecular formula is C26H32N2. The molecule has 0 spiro atoms. The topological polar surface area (TPSA) is 8.72 Å². The Morgan fingerprint density at radius 2 is 1.21 bits per heavy atom. The SMILES string of the molecule is [C-]#[N+]C(C)(C)c1cc(C)cc(C(C)(Cc2cc(C)cc(C(C)(C)C)c2)[N+]#[C-])c1. The lowest BCUT2D eigenvalue weighted by Crippen LogP contribution is -2.23. The summed E-state index contributed by atoms with van der Waals surface area (Å²) < 4.78 is 0. The molecule has 0 radical (unpaired) electrons. The van der Waals surface area contributed by atoms with Gasteiger partial charge in [-0.05, 0) is 54.2 Å². The van der Waals surface area contributed by atoms with Crippen molar-refractivity contribution < 1.29 is 0 Å². The van der Waals surface area contributed by atoms with Crippen LogP contribution in [0.1, 0.15) is 74.9 Å². The van der Waals surface area contributed by atoms with E-state index in [4.69, 9.17) is 13.1 Å². The highest BCUT2D eigenvalue weighted by atomic mass is 14.8. The van der Waals surface area contributed by atoms with Gasteiger partial charge in [0.2, 0.25) is 0 Å². The molecule has 28 heavy (non-hydrogen) atoms. The molecule has 0 saturated carbocycles. The maximum Gasteiger partial charge on any atom is 0.258 e. The zero-order chi connectivity index (χ0) is 21.3. The number of hydrogen-bond acceptors (Lipinski definition) is 0. The van der Waals surface area contributed by atoms with Crippen LogP contribution in [0.25, 0.3) is 9.69 Å². The van der Waals surface area contributed by atoms with E-state index in [0.29, 0.717) is 6.42 Å². The van der Waals surface area contributed by atoms with E-state index in [1.807, 2.05) is 27.7 Å². The fourth-order valence-electron chi connectivity index (χ4n) is 3.51. The molecule has 0 saturated heterocycles. The van der Waals surface area contributed by atoms with Gasteiger partial charge in [0.05, 0.1) is 6.42 Å². The molecule has 2 rings (SSSR count).